The van der Waals surface area contributed by atoms with Crippen molar-refractivity contribution < 1.29 is 0 Å². The molecule has 0 amide bonds. The van der Waals surface area contributed by atoms with E-state index < -0.39 is 0 Å². The molecule has 0 atom stereocenters. The van der Waals surface area contributed by atoms with Crippen LogP contribution in [0.1, 0.15) is 0 Å². The Morgan fingerprint density at radius 1 is 0.267 bits per heavy atom. The van der Waals surface area contributed by atoms with Gasteiger partial charge in [0, 0.05) is 38.2 Å². The van der Waals surface area contributed by atoms with Crippen LogP contribution in [-0.4, -0.2) is 19.1 Å². The molecule has 3 aromatic heterocycles. The molecule has 0 radical (unpaired) electrons. The molecule has 12 aromatic rings. The van der Waals surface area contributed by atoms with E-state index in [0.29, 0.717) is 5.95 Å². The molecule has 0 aliphatic carbocycles. The first-order chi connectivity index (χ1) is 29.7. The fourth-order valence-corrected chi connectivity index (χ4v) is 9.12. The molecule has 0 aliphatic heterocycles. The quantitative estimate of drug-likeness (QED) is 0.169. The summed E-state index contributed by atoms with van der Waals surface area (Å²) < 4.78 is 4.63. The van der Waals surface area contributed by atoms with Gasteiger partial charge in [0.25, 0.3) is 0 Å². The molecule has 0 unspecified atom stereocenters. The standard InChI is InChI=1S/C56H36N4/c1-4-16-37(17-5-1)40-28-30-48-50(35-40)57-56(58-55(48)43-33-41(38-18-6-2-7-19-38)32-42(34-43)39-20-8-3-9-21-39)60-53-27-15-12-24-47(53)49-36-44(29-31-54(49)60)59-51-25-13-10-22-45(51)46-23-11-14-26-52(46)59/h1-36H. The van der Waals surface area contributed by atoms with Crippen molar-refractivity contribution in [2.45, 2.75) is 0 Å². The summed E-state index contributed by atoms with van der Waals surface area (Å²) in [6, 6.07) is 78.0. The Bertz CT molecular complexity index is 3470. The molecule has 280 valence electrons. The van der Waals surface area contributed by atoms with Gasteiger partial charge >= 0.3 is 0 Å². The van der Waals surface area contributed by atoms with Gasteiger partial charge in [0.05, 0.1) is 33.3 Å². The normalized spacial score (nSPS) is 11.7. The van der Waals surface area contributed by atoms with E-state index in [1.54, 1.807) is 0 Å². The molecule has 0 spiro atoms. The van der Waals surface area contributed by atoms with E-state index in [0.717, 1.165) is 83.0 Å². The molecular formula is C56H36N4. The summed E-state index contributed by atoms with van der Waals surface area (Å²) in [5, 5.41) is 5.78. The van der Waals surface area contributed by atoms with Crippen LogP contribution in [0, 0.1) is 0 Å². The molecule has 0 saturated heterocycles. The number of hydrogen-bond donors (Lipinski definition) is 0. The minimum absolute atomic E-state index is 0.630. The number of hydrogen-bond acceptors (Lipinski definition) is 2. The average Bonchev–Trinajstić information content (AvgIpc) is 3.84. The van der Waals surface area contributed by atoms with Crippen LogP contribution in [0.25, 0.3) is 111 Å². The number of nitrogens with zero attached hydrogens (tertiary/aromatic N) is 4. The van der Waals surface area contributed by atoms with Crippen LogP contribution in [0.4, 0.5) is 0 Å². The summed E-state index contributed by atoms with van der Waals surface area (Å²) in [4.78, 5) is 11.0. The highest BCUT2D eigenvalue weighted by atomic mass is 15.2. The van der Waals surface area contributed by atoms with Gasteiger partial charge in [0.2, 0.25) is 5.95 Å². The van der Waals surface area contributed by atoms with Gasteiger partial charge in [-0.3, -0.25) is 4.57 Å². The maximum atomic E-state index is 5.59. The number of aromatic nitrogens is 4. The number of rotatable bonds is 6. The Labute approximate surface area is 346 Å². The molecule has 0 N–H and O–H groups in total. The molecule has 12 rings (SSSR count). The zero-order chi connectivity index (χ0) is 39.6. The maximum Gasteiger partial charge on any atom is 0.235 e. The first kappa shape index (κ1) is 34.0. The number of benzene rings is 9. The molecule has 60 heavy (non-hydrogen) atoms. The lowest BCUT2D eigenvalue weighted by atomic mass is 9.93. The summed E-state index contributed by atoms with van der Waals surface area (Å²) in [6.07, 6.45) is 0. The Balaban J connectivity index is 1.13. The third-order valence-corrected chi connectivity index (χ3v) is 11.9. The Hall–Kier alpha value is -8.08. The van der Waals surface area contributed by atoms with Crippen LogP contribution >= 0.6 is 0 Å². The van der Waals surface area contributed by atoms with Crippen LogP contribution in [-0.2, 0) is 0 Å². The lowest BCUT2D eigenvalue weighted by Gasteiger charge is -2.15. The van der Waals surface area contributed by atoms with Crippen molar-refractivity contribution in [1.82, 2.24) is 19.1 Å². The van der Waals surface area contributed by atoms with Crippen LogP contribution in [0.5, 0.6) is 0 Å². The van der Waals surface area contributed by atoms with Crippen molar-refractivity contribution in [1.29, 1.82) is 0 Å². The fourth-order valence-electron chi connectivity index (χ4n) is 9.12. The van der Waals surface area contributed by atoms with Crippen LogP contribution in [0.3, 0.4) is 0 Å². The zero-order valence-corrected chi connectivity index (χ0v) is 32.6. The summed E-state index contributed by atoms with van der Waals surface area (Å²) in [5.41, 5.74) is 15.2. The third kappa shape index (κ3) is 5.53. The Morgan fingerprint density at radius 3 is 1.32 bits per heavy atom. The topological polar surface area (TPSA) is 35.6 Å². The highest BCUT2D eigenvalue weighted by molar-refractivity contribution is 6.12. The van der Waals surface area contributed by atoms with E-state index in [1.165, 1.54) is 21.8 Å². The highest BCUT2D eigenvalue weighted by Gasteiger charge is 2.20. The molecule has 4 nitrogen and oxygen atoms in total. The minimum atomic E-state index is 0.630. The number of para-hydroxylation sites is 3. The predicted octanol–water partition coefficient (Wildman–Crippen LogP) is 14.5. The predicted molar refractivity (Wildman–Crippen MR) is 250 cm³/mol. The summed E-state index contributed by atoms with van der Waals surface area (Å²) >= 11 is 0. The summed E-state index contributed by atoms with van der Waals surface area (Å²) in [7, 11) is 0. The SMILES string of the molecule is c1ccc(-c2cc(-c3ccccc3)cc(-c3nc(-n4c5ccccc5c5cc(-n6c7ccccc7c7ccccc76)ccc54)nc4cc(-c5ccccc5)ccc34)c2)cc1. The van der Waals surface area contributed by atoms with Gasteiger partial charge in [0.1, 0.15) is 0 Å². The van der Waals surface area contributed by atoms with Crippen molar-refractivity contribution >= 4 is 54.5 Å². The molecule has 9 aromatic carbocycles. The van der Waals surface area contributed by atoms with Crippen LogP contribution in [0.15, 0.2) is 218 Å². The van der Waals surface area contributed by atoms with Crippen LogP contribution < -0.4 is 0 Å². The summed E-state index contributed by atoms with van der Waals surface area (Å²) in [6.45, 7) is 0. The summed E-state index contributed by atoms with van der Waals surface area (Å²) in [5.74, 6) is 0.630. The third-order valence-electron chi connectivity index (χ3n) is 11.9. The lowest BCUT2D eigenvalue weighted by Crippen LogP contribution is -2.04. The van der Waals surface area contributed by atoms with Gasteiger partial charge in [0.15, 0.2) is 0 Å². The second-order valence-corrected chi connectivity index (χ2v) is 15.4. The maximum absolute atomic E-state index is 5.59. The molecule has 0 fully saturated rings. The van der Waals surface area contributed by atoms with E-state index in [-0.39, 0.29) is 0 Å². The minimum Gasteiger partial charge on any atom is -0.309 e. The van der Waals surface area contributed by atoms with Crippen molar-refractivity contribution in [3.8, 4) is 56.3 Å². The highest BCUT2D eigenvalue weighted by Crippen LogP contribution is 2.40. The van der Waals surface area contributed by atoms with Gasteiger partial charge in [-0.15, -0.1) is 0 Å². The number of fused-ring (bicyclic) bond motifs is 7. The molecule has 4 heteroatoms. The monoisotopic (exact) mass is 764 g/mol. The van der Waals surface area contributed by atoms with Crippen molar-refractivity contribution in [3.63, 3.8) is 0 Å². The van der Waals surface area contributed by atoms with Gasteiger partial charge in [-0.1, -0.05) is 152 Å². The van der Waals surface area contributed by atoms with E-state index in [2.05, 4.69) is 228 Å². The van der Waals surface area contributed by atoms with E-state index >= 15 is 0 Å². The molecule has 0 bridgehead atoms. The lowest BCUT2D eigenvalue weighted by molar-refractivity contribution is 1.01. The molecule has 3 heterocycles. The molecular weight excluding hydrogens is 729 g/mol. The van der Waals surface area contributed by atoms with Crippen molar-refractivity contribution in [2.24, 2.45) is 0 Å². The van der Waals surface area contributed by atoms with Crippen molar-refractivity contribution in [2.75, 3.05) is 0 Å². The smallest absolute Gasteiger partial charge is 0.235 e. The second-order valence-electron chi connectivity index (χ2n) is 15.4. The zero-order valence-electron chi connectivity index (χ0n) is 32.6. The molecule has 0 saturated carbocycles. The first-order valence-corrected chi connectivity index (χ1v) is 20.4. The second kappa shape index (κ2) is 13.8. The first-order valence-electron chi connectivity index (χ1n) is 20.4. The van der Waals surface area contributed by atoms with E-state index in [9.17, 15) is 0 Å². The van der Waals surface area contributed by atoms with Gasteiger partial charge < -0.3 is 4.57 Å². The van der Waals surface area contributed by atoms with Gasteiger partial charge in [-0.25, -0.2) is 9.97 Å². The van der Waals surface area contributed by atoms with Gasteiger partial charge in [-0.2, -0.15) is 0 Å². The Morgan fingerprint density at radius 2 is 0.733 bits per heavy atom. The Kier molecular flexibility index (Phi) is 7.82. The fraction of sp³-hybridized carbons (Fsp3) is 0. The largest absolute Gasteiger partial charge is 0.309 e. The van der Waals surface area contributed by atoms with E-state index in [1.807, 2.05) is 0 Å². The van der Waals surface area contributed by atoms with Crippen LogP contribution in [0.2, 0.25) is 0 Å². The van der Waals surface area contributed by atoms with Crippen molar-refractivity contribution in [3.05, 3.63) is 218 Å². The van der Waals surface area contributed by atoms with E-state index in [4.69, 9.17) is 9.97 Å². The molecule has 0 aliphatic rings. The average molecular weight is 765 g/mol. The van der Waals surface area contributed by atoms with Gasteiger partial charge in [-0.05, 0) is 100 Å².